The second-order valence-corrected chi connectivity index (χ2v) is 5.86. The summed E-state index contributed by atoms with van der Waals surface area (Å²) >= 11 is 0. The molecule has 0 amide bonds. The highest BCUT2D eigenvalue weighted by Crippen LogP contribution is 2.29. The molecule has 26 heavy (non-hydrogen) atoms. The van der Waals surface area contributed by atoms with Crippen LogP contribution in [0, 0.1) is 11.3 Å². The predicted octanol–water partition coefficient (Wildman–Crippen LogP) is 3.58. The number of H-pyrrole nitrogens is 1. The van der Waals surface area contributed by atoms with Gasteiger partial charge in [0.2, 0.25) is 0 Å². The smallest absolute Gasteiger partial charge is 0.406 e. The van der Waals surface area contributed by atoms with Crippen LogP contribution in [0.4, 0.5) is 13.2 Å². The SMILES string of the molecule is CC(C)c1c(-c2ccc(OC(F)(F)F)cc2)nc2c(C#N)c[nH]n2c1=O. The Balaban J connectivity index is 2.19. The van der Waals surface area contributed by atoms with Crippen LogP contribution in [0.5, 0.6) is 5.75 Å². The van der Waals surface area contributed by atoms with Crippen LogP contribution < -0.4 is 10.3 Å². The largest absolute Gasteiger partial charge is 0.573 e. The van der Waals surface area contributed by atoms with Crippen LogP contribution in [0.2, 0.25) is 0 Å². The molecule has 0 spiro atoms. The van der Waals surface area contributed by atoms with Crippen LogP contribution in [0.3, 0.4) is 0 Å². The van der Waals surface area contributed by atoms with Crippen molar-refractivity contribution in [2.75, 3.05) is 0 Å². The van der Waals surface area contributed by atoms with Gasteiger partial charge in [0, 0.05) is 17.3 Å². The van der Waals surface area contributed by atoms with E-state index in [1.807, 2.05) is 19.9 Å². The van der Waals surface area contributed by atoms with Crippen molar-refractivity contribution in [3.8, 4) is 23.1 Å². The van der Waals surface area contributed by atoms with E-state index in [1.165, 1.54) is 22.8 Å². The molecular formula is C17H13F3N4O2. The van der Waals surface area contributed by atoms with Crippen molar-refractivity contribution in [2.24, 2.45) is 0 Å². The molecular weight excluding hydrogens is 349 g/mol. The Morgan fingerprint density at radius 3 is 2.46 bits per heavy atom. The summed E-state index contributed by atoms with van der Waals surface area (Å²) in [6, 6.07) is 7.03. The number of hydrogen-bond acceptors (Lipinski definition) is 4. The molecule has 9 heteroatoms. The zero-order chi connectivity index (χ0) is 19.1. The van der Waals surface area contributed by atoms with E-state index in [-0.39, 0.29) is 28.4 Å². The molecule has 0 bridgehead atoms. The number of aromatic nitrogens is 3. The summed E-state index contributed by atoms with van der Waals surface area (Å²) in [5, 5.41) is 11.8. The summed E-state index contributed by atoms with van der Waals surface area (Å²) in [6.07, 6.45) is -3.41. The Hall–Kier alpha value is -3.28. The number of nitriles is 1. The van der Waals surface area contributed by atoms with Gasteiger partial charge in [0.1, 0.15) is 17.4 Å². The fraction of sp³-hybridized carbons (Fsp3) is 0.235. The third-order valence-electron chi connectivity index (χ3n) is 3.76. The van der Waals surface area contributed by atoms with E-state index >= 15 is 0 Å². The second-order valence-electron chi connectivity index (χ2n) is 5.86. The minimum absolute atomic E-state index is 0.160. The molecule has 1 aromatic carbocycles. The predicted molar refractivity (Wildman–Crippen MR) is 86.7 cm³/mol. The Morgan fingerprint density at radius 1 is 1.27 bits per heavy atom. The van der Waals surface area contributed by atoms with Gasteiger partial charge in [-0.25, -0.2) is 9.50 Å². The summed E-state index contributed by atoms with van der Waals surface area (Å²) in [5.74, 6) is -0.564. The molecule has 0 saturated heterocycles. The topological polar surface area (TPSA) is 83.2 Å². The summed E-state index contributed by atoms with van der Waals surface area (Å²) in [7, 11) is 0. The standard InChI is InChI=1S/C17H13F3N4O2/c1-9(2)13-14(10-3-5-12(6-4-10)26-17(18,19)20)23-15-11(7-21)8-22-24(15)16(13)25/h3-6,8-9,22H,1-2H3. The molecule has 0 aliphatic carbocycles. The van der Waals surface area contributed by atoms with Crippen molar-refractivity contribution in [1.82, 2.24) is 14.6 Å². The Labute approximate surface area is 145 Å². The molecule has 0 atom stereocenters. The van der Waals surface area contributed by atoms with Gasteiger partial charge in [0.05, 0.1) is 5.69 Å². The number of alkyl halides is 3. The number of fused-ring (bicyclic) bond motifs is 1. The number of nitrogens with one attached hydrogen (secondary N) is 1. The van der Waals surface area contributed by atoms with Crippen LogP contribution in [-0.2, 0) is 0 Å². The molecule has 0 aliphatic rings. The zero-order valence-corrected chi connectivity index (χ0v) is 13.8. The number of aromatic amines is 1. The molecule has 6 nitrogen and oxygen atoms in total. The lowest BCUT2D eigenvalue weighted by molar-refractivity contribution is -0.274. The molecule has 1 N–H and O–H groups in total. The first kappa shape index (κ1) is 17.5. The van der Waals surface area contributed by atoms with E-state index in [9.17, 15) is 18.0 Å². The zero-order valence-electron chi connectivity index (χ0n) is 13.8. The van der Waals surface area contributed by atoms with Gasteiger partial charge in [0.25, 0.3) is 5.56 Å². The highest BCUT2D eigenvalue weighted by Gasteiger charge is 2.31. The van der Waals surface area contributed by atoms with E-state index < -0.39 is 6.36 Å². The number of hydrogen-bond donors (Lipinski definition) is 1. The van der Waals surface area contributed by atoms with Gasteiger partial charge in [-0.15, -0.1) is 13.2 Å². The van der Waals surface area contributed by atoms with E-state index in [0.29, 0.717) is 16.8 Å². The molecule has 0 unspecified atom stereocenters. The van der Waals surface area contributed by atoms with Gasteiger partial charge in [-0.1, -0.05) is 13.8 Å². The molecule has 3 rings (SSSR count). The fourth-order valence-electron chi connectivity index (χ4n) is 2.67. The minimum atomic E-state index is -4.78. The first-order valence-corrected chi connectivity index (χ1v) is 7.61. The third-order valence-corrected chi connectivity index (χ3v) is 3.76. The van der Waals surface area contributed by atoms with Crippen molar-refractivity contribution in [3.63, 3.8) is 0 Å². The van der Waals surface area contributed by atoms with Gasteiger partial charge >= 0.3 is 6.36 Å². The van der Waals surface area contributed by atoms with Crippen LogP contribution in [0.25, 0.3) is 16.9 Å². The van der Waals surface area contributed by atoms with E-state index in [1.54, 1.807) is 0 Å². The lowest BCUT2D eigenvalue weighted by atomic mass is 9.98. The van der Waals surface area contributed by atoms with E-state index in [4.69, 9.17) is 5.26 Å². The number of benzene rings is 1. The summed E-state index contributed by atoms with van der Waals surface area (Å²) in [4.78, 5) is 17.2. The van der Waals surface area contributed by atoms with Crippen molar-refractivity contribution in [2.45, 2.75) is 26.1 Å². The molecule has 2 aromatic heterocycles. The average Bonchev–Trinajstić information content (AvgIpc) is 2.97. The van der Waals surface area contributed by atoms with Crippen molar-refractivity contribution in [3.05, 3.63) is 51.9 Å². The molecule has 134 valence electrons. The first-order valence-electron chi connectivity index (χ1n) is 7.61. The van der Waals surface area contributed by atoms with Crippen LogP contribution in [0.15, 0.2) is 35.3 Å². The van der Waals surface area contributed by atoms with E-state index in [2.05, 4.69) is 14.8 Å². The van der Waals surface area contributed by atoms with Crippen molar-refractivity contribution < 1.29 is 17.9 Å². The lowest BCUT2D eigenvalue weighted by Gasteiger charge is -2.13. The monoisotopic (exact) mass is 362 g/mol. The van der Waals surface area contributed by atoms with Gasteiger partial charge in [-0.2, -0.15) is 5.26 Å². The average molecular weight is 362 g/mol. The minimum Gasteiger partial charge on any atom is -0.406 e. The Kier molecular flexibility index (Phi) is 4.20. The highest BCUT2D eigenvalue weighted by atomic mass is 19.4. The maximum Gasteiger partial charge on any atom is 0.573 e. The van der Waals surface area contributed by atoms with Crippen LogP contribution in [-0.4, -0.2) is 21.0 Å². The number of ether oxygens (including phenoxy) is 1. The van der Waals surface area contributed by atoms with Crippen LogP contribution in [0.1, 0.15) is 30.9 Å². The molecule has 0 aliphatic heterocycles. The maximum absolute atomic E-state index is 12.8. The van der Waals surface area contributed by atoms with Crippen molar-refractivity contribution in [1.29, 1.82) is 5.26 Å². The first-order chi connectivity index (χ1) is 12.2. The molecule has 2 heterocycles. The molecule has 0 radical (unpaired) electrons. The molecule has 3 aromatic rings. The second kappa shape index (κ2) is 6.22. The Bertz CT molecular complexity index is 1060. The van der Waals surface area contributed by atoms with E-state index in [0.717, 1.165) is 12.1 Å². The van der Waals surface area contributed by atoms with Crippen LogP contribution >= 0.6 is 0 Å². The van der Waals surface area contributed by atoms with Gasteiger partial charge in [-0.05, 0) is 30.2 Å². The number of halogens is 3. The summed E-state index contributed by atoms with van der Waals surface area (Å²) in [6.45, 7) is 3.62. The van der Waals surface area contributed by atoms with Gasteiger partial charge in [-0.3, -0.25) is 9.89 Å². The van der Waals surface area contributed by atoms with Gasteiger partial charge in [0.15, 0.2) is 5.65 Å². The molecule has 0 saturated carbocycles. The van der Waals surface area contributed by atoms with Gasteiger partial charge < -0.3 is 4.74 Å². The number of nitrogens with zero attached hydrogens (tertiary/aromatic N) is 3. The maximum atomic E-state index is 12.8. The Morgan fingerprint density at radius 2 is 1.92 bits per heavy atom. The lowest BCUT2D eigenvalue weighted by Crippen LogP contribution is -2.22. The normalized spacial score (nSPS) is 11.7. The van der Waals surface area contributed by atoms with Crippen molar-refractivity contribution >= 4 is 5.65 Å². The number of rotatable bonds is 3. The molecule has 0 fully saturated rings. The summed E-state index contributed by atoms with van der Waals surface area (Å²) < 4.78 is 41.9. The highest BCUT2D eigenvalue weighted by molar-refractivity contribution is 5.68. The quantitative estimate of drug-likeness (QED) is 0.772. The third kappa shape index (κ3) is 3.13. The fourth-order valence-corrected chi connectivity index (χ4v) is 2.67. The summed E-state index contributed by atoms with van der Waals surface area (Å²) in [5.41, 5.74) is 1.14.